The zero-order valence-corrected chi connectivity index (χ0v) is 23.9. The second-order valence-electron chi connectivity index (χ2n) is 9.23. The molecule has 6 aromatic rings. The molecule has 0 aliphatic heterocycles. The second kappa shape index (κ2) is 10.9. The van der Waals surface area contributed by atoms with E-state index in [1.165, 1.54) is 0 Å². The molecule has 0 saturated heterocycles. The number of methoxy groups -OCH3 is 6. The van der Waals surface area contributed by atoms with Crippen molar-refractivity contribution in [2.45, 2.75) is 0 Å². The molecule has 0 N–H and O–H groups in total. The first kappa shape index (κ1) is 26.8. The van der Waals surface area contributed by atoms with Gasteiger partial charge in [-0.2, -0.15) is 0 Å². The number of oxazole rings is 2. The summed E-state index contributed by atoms with van der Waals surface area (Å²) in [5, 5.41) is 0. The van der Waals surface area contributed by atoms with Crippen molar-refractivity contribution in [2.75, 3.05) is 42.7 Å². The maximum Gasteiger partial charge on any atom is 0.227 e. The van der Waals surface area contributed by atoms with Crippen LogP contribution in [0, 0.1) is 0 Å². The molecule has 0 atom stereocenters. The van der Waals surface area contributed by atoms with Crippen LogP contribution < -0.4 is 28.4 Å². The Hall–Kier alpha value is -5.38. The molecule has 0 aliphatic rings. The molecule has 4 aromatic carbocycles. The van der Waals surface area contributed by atoms with E-state index in [9.17, 15) is 0 Å². The lowest BCUT2D eigenvalue weighted by Gasteiger charge is -2.12. The zero-order chi connectivity index (χ0) is 29.4. The molecular weight excluding hydrogens is 540 g/mol. The summed E-state index contributed by atoms with van der Waals surface area (Å²) >= 11 is 0. The fraction of sp³-hybridized carbons (Fsp3) is 0.188. The van der Waals surface area contributed by atoms with Crippen LogP contribution in [0.15, 0.2) is 69.5 Å². The van der Waals surface area contributed by atoms with Gasteiger partial charge in [0.1, 0.15) is 11.0 Å². The molecule has 214 valence electrons. The molecule has 42 heavy (non-hydrogen) atoms. The van der Waals surface area contributed by atoms with Crippen molar-refractivity contribution >= 4 is 22.2 Å². The van der Waals surface area contributed by atoms with E-state index in [4.69, 9.17) is 37.3 Å². The third-order valence-electron chi connectivity index (χ3n) is 6.93. The smallest absolute Gasteiger partial charge is 0.227 e. The largest absolute Gasteiger partial charge is 0.493 e. The van der Waals surface area contributed by atoms with Gasteiger partial charge in [0.25, 0.3) is 0 Å². The molecular formula is C32H28N2O8. The molecule has 2 aromatic heterocycles. The second-order valence-corrected chi connectivity index (χ2v) is 9.23. The van der Waals surface area contributed by atoms with Crippen LogP contribution in [0.3, 0.4) is 0 Å². The molecule has 0 unspecified atom stereocenters. The summed E-state index contributed by atoms with van der Waals surface area (Å²) in [6.45, 7) is 0. The summed E-state index contributed by atoms with van der Waals surface area (Å²) in [5.74, 6) is 3.92. The van der Waals surface area contributed by atoms with E-state index in [1.54, 1.807) is 66.9 Å². The Morgan fingerprint density at radius 3 is 1.10 bits per heavy atom. The summed E-state index contributed by atoms with van der Waals surface area (Å²) in [4.78, 5) is 9.35. The SMILES string of the molecule is COc1cc(-c2nc3ccc(-c4ccc5nc(-c6cc(OC)c(OC)c(OC)c6)oc5c4)cc3o2)cc(OC)c1OC. The average molecular weight is 569 g/mol. The Bertz CT molecular complexity index is 1730. The third-order valence-corrected chi connectivity index (χ3v) is 6.93. The van der Waals surface area contributed by atoms with E-state index in [1.807, 2.05) is 36.4 Å². The lowest BCUT2D eigenvalue weighted by atomic mass is 10.1. The highest BCUT2D eigenvalue weighted by Gasteiger charge is 2.19. The van der Waals surface area contributed by atoms with E-state index in [0.29, 0.717) is 79.6 Å². The van der Waals surface area contributed by atoms with Crippen molar-refractivity contribution in [2.24, 2.45) is 0 Å². The molecule has 2 heterocycles. The summed E-state index contributed by atoms with van der Waals surface area (Å²) < 4.78 is 45.1. The average Bonchev–Trinajstić information content (AvgIpc) is 3.67. The Morgan fingerprint density at radius 2 is 0.786 bits per heavy atom. The van der Waals surface area contributed by atoms with Crippen LogP contribution in [0.25, 0.3) is 56.2 Å². The van der Waals surface area contributed by atoms with E-state index >= 15 is 0 Å². The molecule has 0 spiro atoms. The number of benzene rings is 4. The maximum atomic E-state index is 6.17. The first-order valence-corrected chi connectivity index (χ1v) is 12.9. The number of rotatable bonds is 9. The van der Waals surface area contributed by atoms with Gasteiger partial charge in [-0.15, -0.1) is 0 Å². The molecule has 0 radical (unpaired) electrons. The van der Waals surface area contributed by atoms with Crippen LogP contribution in [-0.2, 0) is 0 Å². The fourth-order valence-electron chi connectivity index (χ4n) is 4.86. The fourth-order valence-corrected chi connectivity index (χ4v) is 4.86. The molecule has 0 fully saturated rings. The van der Waals surface area contributed by atoms with Crippen LogP contribution in [0.4, 0.5) is 0 Å². The van der Waals surface area contributed by atoms with Crippen molar-refractivity contribution in [3.05, 3.63) is 60.7 Å². The predicted molar refractivity (Wildman–Crippen MR) is 157 cm³/mol. The van der Waals surface area contributed by atoms with Crippen molar-refractivity contribution in [3.63, 3.8) is 0 Å². The minimum absolute atomic E-state index is 0.432. The van der Waals surface area contributed by atoms with Gasteiger partial charge < -0.3 is 37.3 Å². The zero-order valence-electron chi connectivity index (χ0n) is 23.9. The van der Waals surface area contributed by atoms with Gasteiger partial charge in [-0.1, -0.05) is 12.1 Å². The first-order valence-electron chi connectivity index (χ1n) is 12.9. The topological polar surface area (TPSA) is 107 Å². The Balaban J connectivity index is 1.36. The summed E-state index contributed by atoms with van der Waals surface area (Å²) in [5.41, 5.74) is 5.96. The number of hydrogen-bond donors (Lipinski definition) is 0. The highest BCUT2D eigenvalue weighted by atomic mass is 16.5. The van der Waals surface area contributed by atoms with Crippen LogP contribution in [0.2, 0.25) is 0 Å². The van der Waals surface area contributed by atoms with Gasteiger partial charge in [-0.05, 0) is 59.7 Å². The molecule has 0 saturated carbocycles. The lowest BCUT2D eigenvalue weighted by Crippen LogP contribution is -1.95. The molecule has 0 aliphatic carbocycles. The summed E-state index contributed by atoms with van der Waals surface area (Å²) in [6.07, 6.45) is 0. The Morgan fingerprint density at radius 1 is 0.429 bits per heavy atom. The molecule has 0 amide bonds. The first-order chi connectivity index (χ1) is 20.5. The number of aromatic nitrogens is 2. The van der Waals surface area contributed by atoms with Crippen LogP contribution >= 0.6 is 0 Å². The number of ether oxygens (including phenoxy) is 6. The minimum Gasteiger partial charge on any atom is -0.493 e. The van der Waals surface area contributed by atoms with Gasteiger partial charge in [-0.25, -0.2) is 9.97 Å². The Labute approximate surface area is 241 Å². The molecule has 6 rings (SSSR count). The van der Waals surface area contributed by atoms with Gasteiger partial charge in [0, 0.05) is 11.1 Å². The normalized spacial score (nSPS) is 11.1. The Kier molecular flexibility index (Phi) is 6.95. The van der Waals surface area contributed by atoms with Crippen molar-refractivity contribution < 1.29 is 37.3 Å². The van der Waals surface area contributed by atoms with E-state index in [-0.39, 0.29) is 0 Å². The van der Waals surface area contributed by atoms with E-state index in [0.717, 1.165) is 11.1 Å². The highest BCUT2D eigenvalue weighted by molar-refractivity contribution is 5.87. The predicted octanol–water partition coefficient (Wildman–Crippen LogP) is 7.02. The van der Waals surface area contributed by atoms with Gasteiger partial charge in [0.05, 0.1) is 42.7 Å². The molecule has 10 heteroatoms. The molecule has 0 bridgehead atoms. The number of hydrogen-bond acceptors (Lipinski definition) is 10. The van der Waals surface area contributed by atoms with Gasteiger partial charge in [-0.3, -0.25) is 0 Å². The number of nitrogens with zero attached hydrogens (tertiary/aromatic N) is 2. The highest BCUT2D eigenvalue weighted by Crippen LogP contribution is 2.43. The van der Waals surface area contributed by atoms with Gasteiger partial charge >= 0.3 is 0 Å². The van der Waals surface area contributed by atoms with Crippen molar-refractivity contribution in [1.29, 1.82) is 0 Å². The standard InChI is InChI=1S/C32H28N2O8/c1-35-25-13-19(14-26(36-2)29(25)39-5)31-33-21-9-7-17(11-23(21)41-31)18-8-10-22-24(12-18)42-32(34-22)20-15-27(37-3)30(40-6)28(16-20)38-4/h7-16H,1-6H3. The quantitative estimate of drug-likeness (QED) is 0.180. The van der Waals surface area contributed by atoms with Crippen LogP contribution in [0.5, 0.6) is 34.5 Å². The van der Waals surface area contributed by atoms with Crippen LogP contribution in [-0.4, -0.2) is 52.6 Å². The third kappa shape index (κ3) is 4.56. The maximum absolute atomic E-state index is 6.17. The van der Waals surface area contributed by atoms with Crippen molar-refractivity contribution in [1.82, 2.24) is 9.97 Å². The number of fused-ring (bicyclic) bond motifs is 2. The van der Waals surface area contributed by atoms with Gasteiger partial charge in [0.15, 0.2) is 34.2 Å². The van der Waals surface area contributed by atoms with Gasteiger partial charge in [0.2, 0.25) is 23.3 Å². The van der Waals surface area contributed by atoms with E-state index in [2.05, 4.69) is 9.97 Å². The molecule has 10 nitrogen and oxygen atoms in total. The van der Waals surface area contributed by atoms with Crippen molar-refractivity contribution in [3.8, 4) is 68.5 Å². The van der Waals surface area contributed by atoms with Crippen LogP contribution in [0.1, 0.15) is 0 Å². The van der Waals surface area contributed by atoms with E-state index < -0.39 is 0 Å². The summed E-state index contributed by atoms with van der Waals surface area (Å²) in [7, 11) is 9.39. The summed E-state index contributed by atoms with van der Waals surface area (Å²) in [6, 6.07) is 18.9. The lowest BCUT2D eigenvalue weighted by molar-refractivity contribution is 0.324. The minimum atomic E-state index is 0.432. The monoisotopic (exact) mass is 568 g/mol.